The molecule has 2 unspecified atom stereocenters. The van der Waals surface area contributed by atoms with Crippen molar-refractivity contribution in [1.82, 2.24) is 25.7 Å². The standard InChI is InChI=1S/C20H26N6O/c1-25-11-12-26(18(14-25)15-5-3-2-4-6-15)19-8-7-17(23-24-19)20(27)22-16-9-10-21-13-16/h2-8,16,18,21H,9-14H2,1H3,(H,22,27). The summed E-state index contributed by atoms with van der Waals surface area (Å²) in [6, 6.07) is 14.6. The van der Waals surface area contributed by atoms with Gasteiger partial charge in [0.2, 0.25) is 0 Å². The maximum atomic E-state index is 12.4. The number of amides is 1. The number of likely N-dealkylation sites (N-methyl/N-ethyl adjacent to an activating group) is 1. The molecule has 7 nitrogen and oxygen atoms in total. The van der Waals surface area contributed by atoms with Gasteiger partial charge in [0.05, 0.1) is 6.04 Å². The molecule has 0 radical (unpaired) electrons. The van der Waals surface area contributed by atoms with Gasteiger partial charge in [0.1, 0.15) is 0 Å². The Labute approximate surface area is 159 Å². The Morgan fingerprint density at radius 3 is 2.70 bits per heavy atom. The average molecular weight is 366 g/mol. The molecule has 0 bridgehead atoms. The van der Waals surface area contributed by atoms with Crippen molar-refractivity contribution in [3.63, 3.8) is 0 Å². The molecule has 2 fully saturated rings. The molecule has 0 saturated carbocycles. The predicted octanol–water partition coefficient (Wildman–Crippen LogP) is 1.06. The van der Waals surface area contributed by atoms with Gasteiger partial charge in [0.25, 0.3) is 5.91 Å². The topological polar surface area (TPSA) is 73.4 Å². The third-order valence-corrected chi connectivity index (χ3v) is 5.34. The van der Waals surface area contributed by atoms with Crippen LogP contribution in [0.4, 0.5) is 5.82 Å². The molecule has 27 heavy (non-hydrogen) atoms. The van der Waals surface area contributed by atoms with Crippen molar-refractivity contribution >= 4 is 11.7 Å². The maximum Gasteiger partial charge on any atom is 0.272 e. The van der Waals surface area contributed by atoms with Crippen LogP contribution in [0.2, 0.25) is 0 Å². The summed E-state index contributed by atoms with van der Waals surface area (Å²) >= 11 is 0. The quantitative estimate of drug-likeness (QED) is 0.843. The van der Waals surface area contributed by atoms with E-state index in [9.17, 15) is 4.79 Å². The number of piperazine rings is 1. The zero-order chi connectivity index (χ0) is 18.6. The first-order valence-corrected chi connectivity index (χ1v) is 9.56. The number of carbonyl (C=O) groups is 1. The van der Waals surface area contributed by atoms with Gasteiger partial charge in [-0.05, 0) is 37.7 Å². The van der Waals surface area contributed by atoms with E-state index < -0.39 is 0 Å². The first kappa shape index (κ1) is 17.9. The van der Waals surface area contributed by atoms with Crippen molar-refractivity contribution in [2.75, 3.05) is 44.7 Å². The van der Waals surface area contributed by atoms with Gasteiger partial charge in [-0.3, -0.25) is 4.79 Å². The Bertz CT molecular complexity index is 760. The normalized spacial score (nSPS) is 23.4. The summed E-state index contributed by atoms with van der Waals surface area (Å²) in [5, 5.41) is 14.8. The maximum absolute atomic E-state index is 12.4. The number of nitrogens with zero attached hydrogens (tertiary/aromatic N) is 4. The van der Waals surface area contributed by atoms with Crippen LogP contribution >= 0.6 is 0 Å². The highest BCUT2D eigenvalue weighted by atomic mass is 16.2. The summed E-state index contributed by atoms with van der Waals surface area (Å²) < 4.78 is 0. The van der Waals surface area contributed by atoms with Gasteiger partial charge in [-0.2, -0.15) is 0 Å². The molecule has 2 aliphatic heterocycles. The number of benzene rings is 1. The lowest BCUT2D eigenvalue weighted by molar-refractivity contribution is 0.0934. The Hall–Kier alpha value is -2.51. The smallest absolute Gasteiger partial charge is 0.272 e. The summed E-state index contributed by atoms with van der Waals surface area (Å²) in [5.74, 6) is 0.664. The Balaban J connectivity index is 1.50. The van der Waals surface area contributed by atoms with E-state index in [0.29, 0.717) is 5.69 Å². The van der Waals surface area contributed by atoms with Crippen LogP contribution in [0.5, 0.6) is 0 Å². The highest BCUT2D eigenvalue weighted by molar-refractivity contribution is 5.92. The minimum atomic E-state index is -0.152. The molecular formula is C20H26N6O. The van der Waals surface area contributed by atoms with E-state index in [1.54, 1.807) is 6.07 Å². The second-order valence-corrected chi connectivity index (χ2v) is 7.32. The molecule has 0 spiro atoms. The van der Waals surface area contributed by atoms with Crippen molar-refractivity contribution in [1.29, 1.82) is 0 Å². The molecule has 2 aromatic rings. The monoisotopic (exact) mass is 366 g/mol. The van der Waals surface area contributed by atoms with E-state index in [1.165, 1.54) is 5.56 Å². The molecule has 2 saturated heterocycles. The van der Waals surface area contributed by atoms with Crippen LogP contribution in [0.3, 0.4) is 0 Å². The molecule has 1 aromatic carbocycles. The highest BCUT2D eigenvalue weighted by Crippen LogP contribution is 2.28. The van der Waals surface area contributed by atoms with E-state index in [-0.39, 0.29) is 18.0 Å². The molecule has 3 heterocycles. The lowest BCUT2D eigenvalue weighted by atomic mass is 10.0. The molecule has 2 atom stereocenters. The first-order valence-electron chi connectivity index (χ1n) is 9.56. The van der Waals surface area contributed by atoms with Gasteiger partial charge in [-0.15, -0.1) is 10.2 Å². The van der Waals surface area contributed by atoms with Crippen LogP contribution < -0.4 is 15.5 Å². The third-order valence-electron chi connectivity index (χ3n) is 5.34. The number of rotatable bonds is 4. The summed E-state index contributed by atoms with van der Waals surface area (Å²) in [7, 11) is 2.14. The molecule has 2 aliphatic rings. The zero-order valence-corrected chi connectivity index (χ0v) is 15.6. The van der Waals surface area contributed by atoms with E-state index >= 15 is 0 Å². The summed E-state index contributed by atoms with van der Waals surface area (Å²) in [4.78, 5) is 17.0. The minimum absolute atomic E-state index is 0.152. The first-order chi connectivity index (χ1) is 13.2. The van der Waals surface area contributed by atoms with Crippen LogP contribution in [-0.4, -0.2) is 66.8 Å². The summed E-state index contributed by atoms with van der Waals surface area (Å²) in [5.41, 5.74) is 1.64. The Morgan fingerprint density at radius 1 is 1.15 bits per heavy atom. The SMILES string of the molecule is CN1CCN(c2ccc(C(=O)NC3CCNC3)nn2)C(c2ccccc2)C1. The van der Waals surface area contributed by atoms with Crippen molar-refractivity contribution in [2.45, 2.75) is 18.5 Å². The fraction of sp³-hybridized carbons (Fsp3) is 0.450. The van der Waals surface area contributed by atoms with E-state index in [2.05, 4.69) is 61.9 Å². The number of hydrogen-bond acceptors (Lipinski definition) is 6. The van der Waals surface area contributed by atoms with Gasteiger partial charge in [0, 0.05) is 32.2 Å². The predicted molar refractivity (Wildman–Crippen MR) is 105 cm³/mol. The number of anilines is 1. The molecular weight excluding hydrogens is 340 g/mol. The van der Waals surface area contributed by atoms with Crippen LogP contribution in [-0.2, 0) is 0 Å². The van der Waals surface area contributed by atoms with Crippen molar-refractivity contribution in [3.8, 4) is 0 Å². The van der Waals surface area contributed by atoms with Crippen molar-refractivity contribution < 1.29 is 4.79 Å². The lowest BCUT2D eigenvalue weighted by Gasteiger charge is -2.40. The van der Waals surface area contributed by atoms with E-state index in [1.807, 2.05) is 12.1 Å². The van der Waals surface area contributed by atoms with Gasteiger partial charge >= 0.3 is 0 Å². The zero-order valence-electron chi connectivity index (χ0n) is 15.6. The fourth-order valence-corrected chi connectivity index (χ4v) is 3.79. The molecule has 142 valence electrons. The minimum Gasteiger partial charge on any atom is -0.347 e. The van der Waals surface area contributed by atoms with Gasteiger partial charge in [-0.1, -0.05) is 30.3 Å². The second kappa shape index (κ2) is 8.02. The molecule has 1 amide bonds. The number of aromatic nitrogens is 2. The van der Waals surface area contributed by atoms with Crippen LogP contribution in [0.25, 0.3) is 0 Å². The van der Waals surface area contributed by atoms with Gasteiger partial charge in [0.15, 0.2) is 11.5 Å². The number of hydrogen-bond donors (Lipinski definition) is 2. The van der Waals surface area contributed by atoms with Crippen LogP contribution in [0, 0.1) is 0 Å². The van der Waals surface area contributed by atoms with Crippen LogP contribution in [0.15, 0.2) is 42.5 Å². The average Bonchev–Trinajstić information content (AvgIpc) is 3.22. The summed E-state index contributed by atoms with van der Waals surface area (Å²) in [6.45, 7) is 4.55. The molecule has 1 aromatic heterocycles. The van der Waals surface area contributed by atoms with E-state index in [0.717, 1.165) is 45.0 Å². The largest absolute Gasteiger partial charge is 0.347 e. The number of carbonyl (C=O) groups excluding carboxylic acids is 1. The fourth-order valence-electron chi connectivity index (χ4n) is 3.79. The summed E-state index contributed by atoms with van der Waals surface area (Å²) in [6.07, 6.45) is 0.956. The molecule has 0 aliphatic carbocycles. The van der Waals surface area contributed by atoms with E-state index in [4.69, 9.17) is 0 Å². The second-order valence-electron chi connectivity index (χ2n) is 7.32. The number of nitrogens with one attached hydrogen (secondary N) is 2. The lowest BCUT2D eigenvalue weighted by Crippen LogP contribution is -2.47. The Kier molecular flexibility index (Phi) is 5.31. The highest BCUT2D eigenvalue weighted by Gasteiger charge is 2.28. The van der Waals surface area contributed by atoms with Crippen LogP contribution in [0.1, 0.15) is 28.5 Å². The van der Waals surface area contributed by atoms with Crippen molar-refractivity contribution in [3.05, 3.63) is 53.7 Å². The molecule has 2 N–H and O–H groups in total. The Morgan fingerprint density at radius 2 is 2.00 bits per heavy atom. The molecule has 4 rings (SSSR count). The van der Waals surface area contributed by atoms with Gasteiger partial charge < -0.3 is 20.4 Å². The molecule has 7 heteroatoms. The third kappa shape index (κ3) is 4.09. The van der Waals surface area contributed by atoms with Crippen molar-refractivity contribution in [2.24, 2.45) is 0 Å². The van der Waals surface area contributed by atoms with Gasteiger partial charge in [-0.25, -0.2) is 0 Å².